The Labute approximate surface area is 84.1 Å². The van der Waals surface area contributed by atoms with E-state index in [0.29, 0.717) is 6.04 Å². The van der Waals surface area contributed by atoms with Crippen molar-refractivity contribution in [3.8, 4) is 0 Å². The van der Waals surface area contributed by atoms with E-state index in [1.165, 1.54) is 22.6 Å². The molecule has 1 rings (SSSR count). The van der Waals surface area contributed by atoms with Crippen molar-refractivity contribution in [2.75, 3.05) is 0 Å². The fourth-order valence-electron chi connectivity index (χ4n) is 1.36. The first-order valence-electron chi connectivity index (χ1n) is 4.80. The van der Waals surface area contributed by atoms with Crippen molar-refractivity contribution in [2.45, 2.75) is 39.2 Å². The predicted octanol–water partition coefficient (Wildman–Crippen LogP) is 2.75. The summed E-state index contributed by atoms with van der Waals surface area (Å²) in [6, 6.07) is 4.66. The normalized spacial score (nSPS) is 13.2. The van der Waals surface area contributed by atoms with Gasteiger partial charge in [0.1, 0.15) is 0 Å². The molecule has 0 aliphatic heterocycles. The van der Waals surface area contributed by atoms with Gasteiger partial charge < -0.3 is 0 Å². The minimum absolute atomic E-state index is 0.346. The van der Waals surface area contributed by atoms with E-state index in [4.69, 9.17) is 5.84 Å². The molecule has 2 nitrogen and oxygen atoms in total. The Balaban J connectivity index is 2.56. The number of thiophene rings is 1. The molecule has 74 valence electrons. The fraction of sp³-hybridized carbons (Fsp3) is 0.600. The molecule has 13 heavy (non-hydrogen) atoms. The highest BCUT2D eigenvalue weighted by molar-refractivity contribution is 7.12. The standard InChI is InChI=1S/C10H18N2S/c1-3-4-5-9(12-11)10-7-6-8(2)13-10/h6-7,9,12H,3-5,11H2,1-2H3. The summed E-state index contributed by atoms with van der Waals surface area (Å²) in [7, 11) is 0. The third-order valence-electron chi connectivity index (χ3n) is 2.15. The van der Waals surface area contributed by atoms with E-state index in [0.717, 1.165) is 6.42 Å². The SMILES string of the molecule is CCCCC(NN)c1ccc(C)s1. The molecule has 0 radical (unpaired) electrons. The first-order chi connectivity index (χ1) is 6.27. The number of hydrogen-bond acceptors (Lipinski definition) is 3. The topological polar surface area (TPSA) is 38.0 Å². The quantitative estimate of drug-likeness (QED) is 0.564. The van der Waals surface area contributed by atoms with Crippen molar-refractivity contribution in [1.29, 1.82) is 0 Å². The number of hydrazine groups is 1. The lowest BCUT2D eigenvalue weighted by atomic mass is 10.1. The van der Waals surface area contributed by atoms with E-state index in [1.54, 1.807) is 0 Å². The van der Waals surface area contributed by atoms with Crippen molar-refractivity contribution in [2.24, 2.45) is 5.84 Å². The molecule has 0 aromatic carbocycles. The van der Waals surface area contributed by atoms with Crippen LogP contribution in [-0.2, 0) is 0 Å². The molecule has 1 unspecified atom stereocenters. The van der Waals surface area contributed by atoms with E-state index in [9.17, 15) is 0 Å². The third kappa shape index (κ3) is 3.10. The van der Waals surface area contributed by atoms with E-state index in [2.05, 4.69) is 31.4 Å². The van der Waals surface area contributed by atoms with Gasteiger partial charge in [-0.2, -0.15) is 0 Å². The highest BCUT2D eigenvalue weighted by Gasteiger charge is 2.10. The number of nitrogens with two attached hydrogens (primary N) is 1. The fourth-order valence-corrected chi connectivity index (χ4v) is 2.33. The van der Waals surface area contributed by atoms with Gasteiger partial charge in [-0.25, -0.2) is 0 Å². The van der Waals surface area contributed by atoms with Gasteiger partial charge in [0.2, 0.25) is 0 Å². The van der Waals surface area contributed by atoms with Gasteiger partial charge in [0.05, 0.1) is 6.04 Å². The minimum Gasteiger partial charge on any atom is -0.271 e. The third-order valence-corrected chi connectivity index (χ3v) is 3.27. The summed E-state index contributed by atoms with van der Waals surface area (Å²) in [5.41, 5.74) is 2.88. The Hall–Kier alpha value is -0.380. The molecule has 0 saturated carbocycles. The van der Waals surface area contributed by atoms with Crippen molar-refractivity contribution in [1.82, 2.24) is 5.43 Å². The number of nitrogens with one attached hydrogen (secondary N) is 1. The molecule has 0 aliphatic rings. The Morgan fingerprint density at radius 1 is 1.54 bits per heavy atom. The van der Waals surface area contributed by atoms with Gasteiger partial charge in [-0.1, -0.05) is 19.8 Å². The molecule has 0 spiro atoms. The van der Waals surface area contributed by atoms with Crippen molar-refractivity contribution >= 4 is 11.3 Å². The first kappa shape index (κ1) is 10.7. The Kier molecular flexibility index (Phi) is 4.42. The number of aryl methyl sites for hydroxylation is 1. The molecule has 1 aromatic heterocycles. The molecule has 0 bridgehead atoms. The number of rotatable bonds is 5. The van der Waals surface area contributed by atoms with Crippen molar-refractivity contribution < 1.29 is 0 Å². The molecular weight excluding hydrogens is 180 g/mol. The van der Waals surface area contributed by atoms with E-state index in [1.807, 2.05) is 11.3 Å². The lowest BCUT2D eigenvalue weighted by Crippen LogP contribution is -2.27. The zero-order chi connectivity index (χ0) is 9.68. The zero-order valence-electron chi connectivity index (χ0n) is 8.34. The van der Waals surface area contributed by atoms with Gasteiger partial charge in [-0.3, -0.25) is 11.3 Å². The zero-order valence-corrected chi connectivity index (χ0v) is 9.16. The van der Waals surface area contributed by atoms with Gasteiger partial charge >= 0.3 is 0 Å². The summed E-state index contributed by atoms with van der Waals surface area (Å²) in [5, 5.41) is 0. The van der Waals surface area contributed by atoms with Crippen LogP contribution >= 0.6 is 11.3 Å². The predicted molar refractivity (Wildman–Crippen MR) is 58.6 cm³/mol. The van der Waals surface area contributed by atoms with Crippen LogP contribution in [0, 0.1) is 6.92 Å². The largest absolute Gasteiger partial charge is 0.271 e. The summed E-state index contributed by atoms with van der Waals surface area (Å²) in [6.45, 7) is 4.33. The first-order valence-corrected chi connectivity index (χ1v) is 5.62. The van der Waals surface area contributed by atoms with E-state index < -0.39 is 0 Å². The van der Waals surface area contributed by atoms with Gasteiger partial charge in [0, 0.05) is 9.75 Å². The minimum atomic E-state index is 0.346. The summed E-state index contributed by atoms with van der Waals surface area (Å²) >= 11 is 1.83. The molecule has 0 aliphatic carbocycles. The summed E-state index contributed by atoms with van der Waals surface area (Å²) in [4.78, 5) is 2.71. The van der Waals surface area contributed by atoms with Crippen LogP contribution in [0.5, 0.6) is 0 Å². The maximum absolute atomic E-state index is 5.51. The van der Waals surface area contributed by atoms with Gasteiger partial charge in [-0.05, 0) is 25.5 Å². The maximum atomic E-state index is 5.51. The Bertz CT molecular complexity index is 245. The van der Waals surface area contributed by atoms with Crippen LogP contribution in [0.3, 0.4) is 0 Å². The molecule has 0 saturated heterocycles. The summed E-state index contributed by atoms with van der Waals surface area (Å²) in [6.07, 6.45) is 3.58. The summed E-state index contributed by atoms with van der Waals surface area (Å²) < 4.78 is 0. The lowest BCUT2D eigenvalue weighted by Gasteiger charge is -2.12. The monoisotopic (exact) mass is 198 g/mol. The second kappa shape index (κ2) is 5.37. The van der Waals surface area contributed by atoms with Crippen LogP contribution < -0.4 is 11.3 Å². The highest BCUT2D eigenvalue weighted by Crippen LogP contribution is 2.25. The molecule has 1 atom stereocenters. The highest BCUT2D eigenvalue weighted by atomic mass is 32.1. The van der Waals surface area contributed by atoms with Crippen LogP contribution in [0.25, 0.3) is 0 Å². The second-order valence-electron chi connectivity index (χ2n) is 3.31. The molecular formula is C10H18N2S. The molecule has 3 N–H and O–H groups in total. The Morgan fingerprint density at radius 3 is 2.77 bits per heavy atom. The van der Waals surface area contributed by atoms with Crippen LogP contribution in [0.2, 0.25) is 0 Å². The van der Waals surface area contributed by atoms with Crippen molar-refractivity contribution in [3.05, 3.63) is 21.9 Å². The summed E-state index contributed by atoms with van der Waals surface area (Å²) in [5.74, 6) is 5.51. The van der Waals surface area contributed by atoms with Gasteiger partial charge in [-0.15, -0.1) is 11.3 Å². The van der Waals surface area contributed by atoms with Crippen LogP contribution in [0.15, 0.2) is 12.1 Å². The average Bonchev–Trinajstić information content (AvgIpc) is 2.54. The molecule has 1 aromatic rings. The van der Waals surface area contributed by atoms with Crippen LogP contribution in [0.4, 0.5) is 0 Å². The molecule has 3 heteroatoms. The van der Waals surface area contributed by atoms with Gasteiger partial charge in [0.15, 0.2) is 0 Å². The van der Waals surface area contributed by atoms with E-state index >= 15 is 0 Å². The average molecular weight is 198 g/mol. The molecule has 0 fully saturated rings. The smallest absolute Gasteiger partial charge is 0.0553 e. The maximum Gasteiger partial charge on any atom is 0.0553 e. The van der Waals surface area contributed by atoms with Crippen molar-refractivity contribution in [3.63, 3.8) is 0 Å². The van der Waals surface area contributed by atoms with Crippen LogP contribution in [-0.4, -0.2) is 0 Å². The van der Waals surface area contributed by atoms with Gasteiger partial charge in [0.25, 0.3) is 0 Å². The molecule has 1 heterocycles. The van der Waals surface area contributed by atoms with E-state index in [-0.39, 0.29) is 0 Å². The van der Waals surface area contributed by atoms with Crippen LogP contribution in [0.1, 0.15) is 42.0 Å². The Morgan fingerprint density at radius 2 is 2.31 bits per heavy atom. The number of hydrogen-bond donors (Lipinski definition) is 2. The second-order valence-corrected chi connectivity index (χ2v) is 4.63. The molecule has 0 amide bonds. The number of unbranched alkanes of at least 4 members (excludes halogenated alkanes) is 1. The lowest BCUT2D eigenvalue weighted by molar-refractivity contribution is 0.502.